The molecule has 5 heteroatoms. The van der Waals surface area contributed by atoms with Crippen molar-refractivity contribution in [1.29, 1.82) is 0 Å². The van der Waals surface area contributed by atoms with Crippen molar-refractivity contribution in [2.24, 2.45) is 0 Å². The van der Waals surface area contributed by atoms with Crippen LogP contribution in [-0.2, 0) is 9.53 Å². The molecule has 0 aromatic heterocycles. The van der Waals surface area contributed by atoms with Crippen molar-refractivity contribution in [2.45, 2.75) is 110 Å². The Bertz CT molecular complexity index is 657. The summed E-state index contributed by atoms with van der Waals surface area (Å²) < 4.78 is 5.19. The molecule has 32 heavy (non-hydrogen) atoms. The molecule has 5 nitrogen and oxygen atoms in total. The molecule has 0 aliphatic carbocycles. The predicted octanol–water partition coefficient (Wildman–Crippen LogP) is 8.41. The van der Waals surface area contributed by atoms with Gasteiger partial charge in [0.15, 0.2) is 0 Å². The molecule has 0 saturated heterocycles. The molecule has 0 aliphatic heterocycles. The lowest BCUT2D eigenvalue weighted by atomic mass is 10.0. The maximum absolute atomic E-state index is 11.8. The number of carbonyl (C=O) groups excluding carboxylic acids is 1. The molecule has 1 aromatic rings. The van der Waals surface area contributed by atoms with E-state index in [1.807, 2.05) is 0 Å². The van der Waals surface area contributed by atoms with Crippen molar-refractivity contribution >= 4 is 17.7 Å². The number of rotatable bonds is 20. The zero-order valence-corrected chi connectivity index (χ0v) is 20.1. The zero-order chi connectivity index (χ0) is 23.3. The second kappa shape index (κ2) is 19.5. The second-order valence-electron chi connectivity index (χ2n) is 8.60. The summed E-state index contributed by atoms with van der Waals surface area (Å²) in [6, 6.07) is 6.51. The first-order chi connectivity index (χ1) is 15.6. The minimum absolute atomic E-state index is 0.0490. The smallest absolute Gasteiger partial charge is 0.306 e. The van der Waals surface area contributed by atoms with E-state index in [4.69, 9.17) is 4.74 Å². The fraction of sp³-hybridized carbons (Fsp3) is 0.667. The van der Waals surface area contributed by atoms with Crippen molar-refractivity contribution < 1.29 is 14.5 Å². The molecule has 1 aromatic carbocycles. The summed E-state index contributed by atoms with van der Waals surface area (Å²) in [6.07, 6.45) is 23.2. The molecular formula is C27H43NO4. The molecule has 0 amide bonds. The van der Waals surface area contributed by atoms with E-state index in [0.29, 0.717) is 12.0 Å². The van der Waals surface area contributed by atoms with Gasteiger partial charge in [0.25, 0.3) is 5.69 Å². The minimum atomic E-state index is -0.415. The Balaban J connectivity index is 1.91. The van der Waals surface area contributed by atoms with Crippen molar-refractivity contribution in [3.8, 4) is 0 Å². The molecular weight excluding hydrogens is 402 g/mol. The van der Waals surface area contributed by atoms with Crippen LogP contribution in [0.25, 0.3) is 6.08 Å². The summed E-state index contributed by atoms with van der Waals surface area (Å²) in [5, 5.41) is 11.0. The standard InChI is InChI=1S/C27H43NO4/c1-2-3-4-5-6-7-8-9-10-11-12-13-14-15-16-23-27(29)32-24-19-21-25-20-17-18-22-26(25)28(30)31/h17-22H,2-16,23-24H2,1H3. The molecule has 0 saturated carbocycles. The molecule has 0 atom stereocenters. The van der Waals surface area contributed by atoms with E-state index >= 15 is 0 Å². The topological polar surface area (TPSA) is 69.4 Å². The van der Waals surface area contributed by atoms with E-state index in [9.17, 15) is 14.9 Å². The molecule has 0 fully saturated rings. The summed E-state index contributed by atoms with van der Waals surface area (Å²) in [5.41, 5.74) is 0.559. The van der Waals surface area contributed by atoms with Gasteiger partial charge in [0.2, 0.25) is 0 Å². The van der Waals surface area contributed by atoms with Gasteiger partial charge >= 0.3 is 5.97 Å². The Morgan fingerprint density at radius 3 is 1.88 bits per heavy atom. The SMILES string of the molecule is CCCCCCCCCCCCCCCCCC(=O)OCC=Cc1ccccc1[N+](=O)[O-]. The third-order valence-electron chi connectivity index (χ3n) is 5.76. The van der Waals surface area contributed by atoms with Crippen molar-refractivity contribution in [3.63, 3.8) is 0 Å². The summed E-state index contributed by atoms with van der Waals surface area (Å²) in [5.74, 6) is -0.202. The highest BCUT2D eigenvalue weighted by Gasteiger charge is 2.09. The largest absolute Gasteiger partial charge is 0.461 e. The van der Waals surface area contributed by atoms with E-state index in [2.05, 4.69) is 6.92 Å². The van der Waals surface area contributed by atoms with E-state index < -0.39 is 4.92 Å². The maximum Gasteiger partial charge on any atom is 0.306 e. The van der Waals surface area contributed by atoms with Crippen LogP contribution in [0.5, 0.6) is 0 Å². The number of benzene rings is 1. The number of nitrogens with zero attached hydrogens (tertiary/aromatic N) is 1. The van der Waals surface area contributed by atoms with E-state index in [-0.39, 0.29) is 18.3 Å². The number of hydrogen-bond acceptors (Lipinski definition) is 4. The molecule has 1 rings (SSSR count). The lowest BCUT2D eigenvalue weighted by molar-refractivity contribution is -0.385. The fourth-order valence-electron chi connectivity index (χ4n) is 3.82. The van der Waals surface area contributed by atoms with Gasteiger partial charge in [-0.1, -0.05) is 109 Å². The second-order valence-corrected chi connectivity index (χ2v) is 8.60. The molecule has 0 radical (unpaired) electrons. The van der Waals surface area contributed by atoms with Gasteiger partial charge in [-0.3, -0.25) is 14.9 Å². The van der Waals surface area contributed by atoms with Crippen molar-refractivity contribution in [3.05, 3.63) is 46.0 Å². The van der Waals surface area contributed by atoms with Crippen LogP contribution in [0.2, 0.25) is 0 Å². The van der Waals surface area contributed by atoms with Crippen LogP contribution in [0.3, 0.4) is 0 Å². The average Bonchev–Trinajstić information content (AvgIpc) is 2.79. The summed E-state index contributed by atoms with van der Waals surface area (Å²) in [4.78, 5) is 22.4. The fourth-order valence-corrected chi connectivity index (χ4v) is 3.82. The number of hydrogen-bond donors (Lipinski definition) is 0. The van der Waals surface area contributed by atoms with Gasteiger partial charge in [0.1, 0.15) is 6.61 Å². The maximum atomic E-state index is 11.8. The quantitative estimate of drug-likeness (QED) is 0.0874. The van der Waals surface area contributed by atoms with E-state index in [0.717, 1.165) is 12.8 Å². The van der Waals surface area contributed by atoms with Gasteiger partial charge in [0.05, 0.1) is 10.5 Å². The van der Waals surface area contributed by atoms with Gasteiger partial charge < -0.3 is 4.74 Å². The van der Waals surface area contributed by atoms with Crippen molar-refractivity contribution in [2.75, 3.05) is 6.61 Å². The molecule has 0 aliphatic rings. The molecule has 180 valence electrons. The van der Waals surface area contributed by atoms with Gasteiger partial charge in [-0.25, -0.2) is 0 Å². The number of nitro groups is 1. The van der Waals surface area contributed by atoms with Crippen LogP contribution in [0, 0.1) is 10.1 Å². The lowest BCUT2D eigenvalue weighted by Crippen LogP contribution is -2.04. The van der Waals surface area contributed by atoms with Crippen LogP contribution < -0.4 is 0 Å². The molecule has 0 N–H and O–H groups in total. The van der Waals surface area contributed by atoms with Gasteiger partial charge in [-0.2, -0.15) is 0 Å². The molecule has 0 bridgehead atoms. The number of unbranched alkanes of at least 4 members (excludes halogenated alkanes) is 14. The highest BCUT2D eigenvalue weighted by molar-refractivity contribution is 5.69. The number of ether oxygens (including phenoxy) is 1. The third-order valence-corrected chi connectivity index (χ3v) is 5.76. The van der Waals surface area contributed by atoms with Crippen LogP contribution in [0.15, 0.2) is 30.3 Å². The highest BCUT2D eigenvalue weighted by atomic mass is 16.6. The van der Waals surface area contributed by atoms with Crippen molar-refractivity contribution in [1.82, 2.24) is 0 Å². The number of para-hydroxylation sites is 1. The normalized spacial score (nSPS) is 11.2. The van der Waals surface area contributed by atoms with E-state index in [1.54, 1.807) is 30.4 Å². The summed E-state index contributed by atoms with van der Waals surface area (Å²) in [6.45, 7) is 2.41. The lowest BCUT2D eigenvalue weighted by Gasteiger charge is -2.04. The first kappa shape index (κ1) is 27.9. The number of esters is 1. The van der Waals surface area contributed by atoms with Gasteiger partial charge in [-0.05, 0) is 24.6 Å². The first-order valence-corrected chi connectivity index (χ1v) is 12.7. The van der Waals surface area contributed by atoms with Crippen LogP contribution in [0.4, 0.5) is 5.69 Å². The van der Waals surface area contributed by atoms with Crippen LogP contribution in [-0.4, -0.2) is 17.5 Å². The van der Waals surface area contributed by atoms with Gasteiger partial charge in [0, 0.05) is 12.5 Å². The van der Waals surface area contributed by atoms with E-state index in [1.165, 1.54) is 89.5 Å². The first-order valence-electron chi connectivity index (χ1n) is 12.7. The number of nitro benzene ring substituents is 1. The third kappa shape index (κ3) is 14.8. The minimum Gasteiger partial charge on any atom is -0.461 e. The Hall–Kier alpha value is -2.17. The average molecular weight is 446 g/mol. The molecule has 0 unspecified atom stereocenters. The van der Waals surface area contributed by atoms with Crippen LogP contribution in [0.1, 0.15) is 115 Å². The molecule has 0 spiro atoms. The Morgan fingerprint density at radius 1 is 0.844 bits per heavy atom. The Morgan fingerprint density at radius 2 is 1.34 bits per heavy atom. The monoisotopic (exact) mass is 445 g/mol. The highest BCUT2D eigenvalue weighted by Crippen LogP contribution is 2.19. The van der Waals surface area contributed by atoms with Gasteiger partial charge in [-0.15, -0.1) is 0 Å². The number of carbonyl (C=O) groups is 1. The Labute approximate surface area is 194 Å². The summed E-state index contributed by atoms with van der Waals surface area (Å²) >= 11 is 0. The zero-order valence-electron chi connectivity index (χ0n) is 20.1. The Kier molecular flexibility index (Phi) is 17.0. The predicted molar refractivity (Wildman–Crippen MR) is 133 cm³/mol. The molecule has 0 heterocycles. The summed E-state index contributed by atoms with van der Waals surface area (Å²) in [7, 11) is 0. The van der Waals surface area contributed by atoms with Crippen LogP contribution >= 0.6 is 0 Å².